The number of hydrogen-bond donors (Lipinski definition) is 5. The minimum Gasteiger partial charge on any atom is -0.478 e. The zero-order valence-corrected chi connectivity index (χ0v) is 23.5. The summed E-state index contributed by atoms with van der Waals surface area (Å²) < 4.78 is 5.70. The maximum atomic E-state index is 11.7. The summed E-state index contributed by atoms with van der Waals surface area (Å²) in [7, 11) is 0. The van der Waals surface area contributed by atoms with Crippen LogP contribution < -0.4 is 26.0 Å². The summed E-state index contributed by atoms with van der Waals surface area (Å²) in [6.45, 7) is 6.35. The van der Waals surface area contributed by atoms with E-state index < -0.39 is 23.7 Å². The van der Waals surface area contributed by atoms with Crippen LogP contribution in [0.15, 0.2) is 36.4 Å². The molecule has 2 saturated heterocycles. The number of urea groups is 1. The number of carbonyl (C=O) groups is 2. The van der Waals surface area contributed by atoms with E-state index in [2.05, 4.69) is 15.5 Å². The second kappa shape index (κ2) is 12.2. The number of nitrogens with one attached hydrogen (secondary N) is 2. The second-order valence-electron chi connectivity index (χ2n) is 10.6. The van der Waals surface area contributed by atoms with E-state index in [1.165, 1.54) is 25.5 Å². The third-order valence-corrected chi connectivity index (χ3v) is 7.72. The average molecular weight is 581 g/mol. The normalized spacial score (nSPS) is 20.7. The van der Waals surface area contributed by atoms with Gasteiger partial charge in [-0.25, -0.2) is 9.59 Å². The van der Waals surface area contributed by atoms with Gasteiger partial charge >= 0.3 is 12.0 Å². The Bertz CT molecular complexity index is 1190. The zero-order chi connectivity index (χ0) is 28.3. The molecule has 2 fully saturated rings. The van der Waals surface area contributed by atoms with Crippen LogP contribution in [0, 0.1) is 0 Å². The largest absolute Gasteiger partial charge is 0.478 e. The molecule has 39 heavy (non-hydrogen) atoms. The van der Waals surface area contributed by atoms with E-state index in [1.807, 2.05) is 29.2 Å². The summed E-state index contributed by atoms with van der Waals surface area (Å²) in [6.07, 6.45) is 1.25. The van der Waals surface area contributed by atoms with Crippen LogP contribution >= 0.6 is 23.2 Å². The lowest BCUT2D eigenvalue weighted by Gasteiger charge is -2.34. The average Bonchev–Trinajstić information content (AvgIpc) is 3.22. The zero-order valence-electron chi connectivity index (χ0n) is 22.0. The molecule has 12 heteroatoms. The first-order valence-electron chi connectivity index (χ1n) is 12.9. The van der Waals surface area contributed by atoms with Crippen molar-refractivity contribution in [1.82, 2.24) is 10.2 Å². The van der Waals surface area contributed by atoms with Crippen LogP contribution in [0.3, 0.4) is 0 Å². The van der Waals surface area contributed by atoms with E-state index in [9.17, 15) is 19.8 Å². The van der Waals surface area contributed by atoms with E-state index in [-0.39, 0.29) is 22.9 Å². The first kappa shape index (κ1) is 29.2. The molecule has 0 bridgehead atoms. The number of β-amino-alcohol motifs (C(OH)–C–C–N with tert-alkyl or cyclic N) is 1. The van der Waals surface area contributed by atoms with Crippen molar-refractivity contribution in [3.63, 3.8) is 0 Å². The molecule has 0 aliphatic carbocycles. The van der Waals surface area contributed by atoms with Crippen molar-refractivity contribution in [3.8, 4) is 5.75 Å². The Morgan fingerprint density at radius 2 is 1.79 bits per heavy atom. The standard InChI is InChI=1S/C27H35Cl2N5O5/c1-27(2,25(36)37)39-24-12-22(20(11-19(24)29)32-26(30)38)34-14-21(23(35)15-34)31-18-7-9-33(10-8-18)13-16-3-5-17(28)6-4-16/h3-6,11-12,18,21,23,31,35H,7-10,13-15H2,1-2H3,(H,36,37)(H3,30,32,38)/t21?,23-/m1/s1. The number of anilines is 2. The van der Waals surface area contributed by atoms with Crippen LogP contribution in [-0.4, -0.2) is 77.1 Å². The number of aliphatic hydroxyl groups is 1. The van der Waals surface area contributed by atoms with Gasteiger partial charge in [0.25, 0.3) is 0 Å². The van der Waals surface area contributed by atoms with Crippen molar-refractivity contribution in [2.45, 2.75) is 57.0 Å². The molecule has 0 radical (unpaired) electrons. The smallest absolute Gasteiger partial charge is 0.347 e. The number of aliphatic hydroxyl groups excluding tert-OH is 1. The fourth-order valence-corrected chi connectivity index (χ4v) is 5.32. The Hall–Kier alpha value is -2.76. The highest BCUT2D eigenvalue weighted by atomic mass is 35.5. The molecule has 0 spiro atoms. The predicted octanol–water partition coefficient (Wildman–Crippen LogP) is 3.53. The molecule has 0 aromatic heterocycles. The van der Waals surface area contributed by atoms with E-state index >= 15 is 0 Å². The van der Waals surface area contributed by atoms with Crippen molar-refractivity contribution >= 4 is 46.6 Å². The Labute approximate surface area is 238 Å². The molecule has 6 N–H and O–H groups in total. The Morgan fingerprint density at radius 1 is 1.13 bits per heavy atom. The Balaban J connectivity index is 1.41. The number of carbonyl (C=O) groups excluding carboxylic acids is 1. The van der Waals surface area contributed by atoms with Crippen LogP contribution in [0.5, 0.6) is 5.75 Å². The van der Waals surface area contributed by atoms with Crippen molar-refractivity contribution < 1.29 is 24.5 Å². The molecule has 2 aliphatic rings. The highest BCUT2D eigenvalue weighted by molar-refractivity contribution is 6.32. The van der Waals surface area contributed by atoms with Gasteiger partial charge in [0.15, 0.2) is 5.60 Å². The summed E-state index contributed by atoms with van der Waals surface area (Å²) >= 11 is 12.4. The topological polar surface area (TPSA) is 140 Å². The second-order valence-corrected chi connectivity index (χ2v) is 11.5. The maximum Gasteiger partial charge on any atom is 0.347 e. The quantitative estimate of drug-likeness (QED) is 0.304. The lowest BCUT2D eigenvalue weighted by molar-refractivity contribution is -0.152. The molecule has 2 atom stereocenters. The van der Waals surface area contributed by atoms with Crippen LogP contribution in [0.4, 0.5) is 16.2 Å². The molecule has 10 nitrogen and oxygen atoms in total. The summed E-state index contributed by atoms with van der Waals surface area (Å²) in [5.41, 5.74) is 5.94. The van der Waals surface area contributed by atoms with Gasteiger partial charge in [0.05, 0.1) is 28.5 Å². The third-order valence-electron chi connectivity index (χ3n) is 7.17. The van der Waals surface area contributed by atoms with Crippen LogP contribution in [0.2, 0.25) is 10.0 Å². The van der Waals surface area contributed by atoms with Gasteiger partial charge in [0.1, 0.15) is 5.75 Å². The molecule has 212 valence electrons. The number of carboxylic acids is 1. The fourth-order valence-electron chi connectivity index (χ4n) is 4.99. The van der Waals surface area contributed by atoms with Crippen molar-refractivity contribution in [3.05, 3.63) is 52.0 Å². The van der Waals surface area contributed by atoms with Gasteiger partial charge in [-0.3, -0.25) is 4.90 Å². The van der Waals surface area contributed by atoms with E-state index in [4.69, 9.17) is 33.7 Å². The minimum absolute atomic E-state index is 0.122. The molecule has 1 unspecified atom stereocenters. The van der Waals surface area contributed by atoms with Gasteiger partial charge in [-0.15, -0.1) is 0 Å². The Kier molecular flexibility index (Phi) is 9.13. The van der Waals surface area contributed by atoms with E-state index in [0.717, 1.165) is 37.5 Å². The van der Waals surface area contributed by atoms with Crippen molar-refractivity contribution in [2.75, 3.05) is 36.4 Å². The summed E-state index contributed by atoms with van der Waals surface area (Å²) in [6, 6.07) is 10.2. The molecule has 0 saturated carbocycles. The molecule has 2 aromatic carbocycles. The maximum absolute atomic E-state index is 11.7. The number of amides is 2. The Morgan fingerprint density at radius 3 is 2.41 bits per heavy atom. The van der Waals surface area contributed by atoms with E-state index in [1.54, 1.807) is 6.07 Å². The van der Waals surface area contributed by atoms with Gasteiger partial charge in [0, 0.05) is 36.8 Å². The highest BCUT2D eigenvalue weighted by Gasteiger charge is 2.36. The summed E-state index contributed by atoms with van der Waals surface area (Å²) in [5.74, 6) is -1.01. The van der Waals surface area contributed by atoms with Crippen molar-refractivity contribution in [1.29, 1.82) is 0 Å². The van der Waals surface area contributed by atoms with Crippen LogP contribution in [0.1, 0.15) is 32.3 Å². The van der Waals surface area contributed by atoms with Crippen LogP contribution in [0.25, 0.3) is 0 Å². The molecular formula is C27H35Cl2N5O5. The number of aliphatic carboxylic acids is 1. The molecule has 2 heterocycles. The van der Waals surface area contributed by atoms with Crippen LogP contribution in [-0.2, 0) is 11.3 Å². The summed E-state index contributed by atoms with van der Waals surface area (Å²) in [5, 5.41) is 27.4. The third kappa shape index (κ3) is 7.46. The number of primary amides is 1. The first-order valence-corrected chi connectivity index (χ1v) is 13.6. The number of rotatable bonds is 9. The number of ether oxygens (including phenoxy) is 1. The highest BCUT2D eigenvalue weighted by Crippen LogP contribution is 2.39. The summed E-state index contributed by atoms with van der Waals surface area (Å²) in [4.78, 5) is 27.6. The number of benzene rings is 2. The molecular weight excluding hydrogens is 545 g/mol. The lowest BCUT2D eigenvalue weighted by Crippen LogP contribution is -2.49. The number of piperidine rings is 1. The molecule has 2 aromatic rings. The number of likely N-dealkylation sites (tertiary alicyclic amines) is 1. The van der Waals surface area contributed by atoms with E-state index in [0.29, 0.717) is 24.5 Å². The van der Waals surface area contributed by atoms with Gasteiger partial charge in [-0.1, -0.05) is 35.3 Å². The number of carboxylic acid groups (broad SMARTS) is 1. The van der Waals surface area contributed by atoms with Gasteiger partial charge in [0.2, 0.25) is 0 Å². The number of halogens is 2. The fraction of sp³-hybridized carbons (Fsp3) is 0.481. The monoisotopic (exact) mass is 579 g/mol. The SMILES string of the molecule is CC(C)(Oc1cc(N2CC(NC3CCN(Cc4ccc(Cl)cc4)CC3)[C@H](O)C2)c(NC(N)=O)cc1Cl)C(=O)O. The van der Waals surface area contributed by atoms with Crippen molar-refractivity contribution in [2.24, 2.45) is 5.73 Å². The number of nitrogens with zero attached hydrogens (tertiary/aromatic N) is 2. The molecule has 2 amide bonds. The van der Waals surface area contributed by atoms with Gasteiger partial charge in [-0.2, -0.15) is 0 Å². The number of nitrogens with two attached hydrogens (primary N) is 1. The van der Waals surface area contributed by atoms with Gasteiger partial charge < -0.3 is 36.2 Å². The minimum atomic E-state index is -1.53. The molecule has 4 rings (SSSR count). The molecule has 2 aliphatic heterocycles. The first-order chi connectivity index (χ1) is 18.4. The predicted molar refractivity (Wildman–Crippen MR) is 152 cm³/mol. The van der Waals surface area contributed by atoms with Gasteiger partial charge in [-0.05, 0) is 63.5 Å². The lowest BCUT2D eigenvalue weighted by atomic mass is 10.0. The number of hydrogen-bond acceptors (Lipinski definition) is 7.